The Labute approximate surface area is 127 Å². The van der Waals surface area contributed by atoms with Crippen LogP contribution in [0.15, 0.2) is 29.6 Å². The predicted molar refractivity (Wildman–Crippen MR) is 81.4 cm³/mol. The molecule has 0 aliphatic rings. The van der Waals surface area contributed by atoms with Gasteiger partial charge in [-0.3, -0.25) is 4.79 Å². The molecule has 2 heterocycles. The minimum atomic E-state index is -0.300. The van der Waals surface area contributed by atoms with Crippen LogP contribution in [0.3, 0.4) is 0 Å². The van der Waals surface area contributed by atoms with Crippen LogP contribution in [-0.2, 0) is 13.1 Å². The van der Waals surface area contributed by atoms with Gasteiger partial charge in [-0.2, -0.15) is 5.10 Å². The number of anilines is 1. The number of likely N-dealkylation sites (N-methyl/N-ethyl adjacent to an activating group) is 1. The van der Waals surface area contributed by atoms with Gasteiger partial charge in [0.05, 0.1) is 30.7 Å². The molecule has 2 aromatic rings. The Balaban J connectivity index is 2.08. The number of aromatic nitrogens is 4. The zero-order chi connectivity index (χ0) is 15.2. The molecule has 0 fully saturated rings. The van der Waals surface area contributed by atoms with Crippen LogP contribution in [0.5, 0.6) is 0 Å². The predicted octanol–water partition coefficient (Wildman–Crippen LogP) is 0.860. The Morgan fingerprint density at radius 1 is 1.43 bits per heavy atom. The van der Waals surface area contributed by atoms with E-state index >= 15 is 0 Å². The van der Waals surface area contributed by atoms with Crippen molar-refractivity contribution in [2.75, 3.05) is 26.0 Å². The van der Waals surface area contributed by atoms with Gasteiger partial charge >= 0.3 is 0 Å². The summed E-state index contributed by atoms with van der Waals surface area (Å²) in [4.78, 5) is 22.0. The van der Waals surface area contributed by atoms with E-state index in [1.54, 1.807) is 18.5 Å². The molecule has 0 aliphatic carbocycles. The van der Waals surface area contributed by atoms with Crippen LogP contribution in [0.2, 0.25) is 5.02 Å². The molecule has 0 saturated carbocycles. The number of rotatable bonds is 6. The standard InChI is InChI=1S/C13H17ClN6O/c1-19(2)5-6-20-13(21)12(14)11(8-18-20)16-7-10-3-4-15-9-17-10/h3-4,8-9,16H,5-7H2,1-2H3. The van der Waals surface area contributed by atoms with Crippen LogP contribution in [0.4, 0.5) is 5.69 Å². The lowest BCUT2D eigenvalue weighted by Crippen LogP contribution is -2.29. The van der Waals surface area contributed by atoms with Gasteiger partial charge in [0.2, 0.25) is 0 Å². The van der Waals surface area contributed by atoms with Crippen molar-refractivity contribution in [3.63, 3.8) is 0 Å². The molecule has 0 unspecified atom stereocenters. The van der Waals surface area contributed by atoms with Gasteiger partial charge in [0, 0.05) is 12.7 Å². The second kappa shape index (κ2) is 7.14. The maximum Gasteiger partial charge on any atom is 0.287 e. The summed E-state index contributed by atoms with van der Waals surface area (Å²) in [5, 5.41) is 7.31. The maximum atomic E-state index is 12.1. The molecule has 2 rings (SSSR count). The van der Waals surface area contributed by atoms with Crippen LogP contribution in [-0.4, -0.2) is 45.3 Å². The van der Waals surface area contributed by atoms with Crippen molar-refractivity contribution < 1.29 is 0 Å². The van der Waals surface area contributed by atoms with E-state index in [-0.39, 0.29) is 10.6 Å². The van der Waals surface area contributed by atoms with Crippen molar-refractivity contribution >= 4 is 17.3 Å². The molecule has 21 heavy (non-hydrogen) atoms. The van der Waals surface area contributed by atoms with Gasteiger partial charge in [-0.25, -0.2) is 14.6 Å². The van der Waals surface area contributed by atoms with E-state index in [9.17, 15) is 4.79 Å². The third kappa shape index (κ3) is 4.24. The topological polar surface area (TPSA) is 75.9 Å². The van der Waals surface area contributed by atoms with Gasteiger partial charge in [-0.05, 0) is 20.2 Å². The van der Waals surface area contributed by atoms with Crippen molar-refractivity contribution in [2.45, 2.75) is 13.1 Å². The van der Waals surface area contributed by atoms with E-state index in [0.29, 0.717) is 18.8 Å². The number of halogens is 1. The van der Waals surface area contributed by atoms with Crippen LogP contribution < -0.4 is 10.9 Å². The summed E-state index contributed by atoms with van der Waals surface area (Å²) >= 11 is 6.10. The minimum absolute atomic E-state index is 0.137. The smallest absolute Gasteiger partial charge is 0.287 e. The summed E-state index contributed by atoms with van der Waals surface area (Å²) in [5.41, 5.74) is 1.01. The molecule has 112 valence electrons. The minimum Gasteiger partial charge on any atom is -0.377 e. The molecule has 0 radical (unpaired) electrons. The maximum absolute atomic E-state index is 12.1. The third-order valence-corrected chi connectivity index (χ3v) is 3.21. The van der Waals surface area contributed by atoms with E-state index < -0.39 is 0 Å². The normalized spacial score (nSPS) is 10.9. The lowest BCUT2D eigenvalue weighted by atomic mass is 10.3. The zero-order valence-corrected chi connectivity index (χ0v) is 12.7. The largest absolute Gasteiger partial charge is 0.377 e. The molecule has 0 saturated heterocycles. The lowest BCUT2D eigenvalue weighted by molar-refractivity contribution is 0.367. The highest BCUT2D eigenvalue weighted by Gasteiger charge is 2.09. The first-order valence-corrected chi connectivity index (χ1v) is 6.85. The van der Waals surface area contributed by atoms with E-state index in [1.807, 2.05) is 19.0 Å². The summed E-state index contributed by atoms with van der Waals surface area (Å²) < 4.78 is 1.36. The molecule has 7 nitrogen and oxygen atoms in total. The van der Waals surface area contributed by atoms with Crippen molar-refractivity contribution in [2.24, 2.45) is 0 Å². The average Bonchev–Trinajstić information content (AvgIpc) is 2.48. The fourth-order valence-electron chi connectivity index (χ4n) is 1.65. The average molecular weight is 309 g/mol. The van der Waals surface area contributed by atoms with E-state index in [1.165, 1.54) is 11.0 Å². The molecule has 0 spiro atoms. The van der Waals surface area contributed by atoms with Gasteiger partial charge in [0.15, 0.2) is 0 Å². The molecule has 0 atom stereocenters. The van der Waals surface area contributed by atoms with Gasteiger partial charge in [-0.1, -0.05) is 11.6 Å². The van der Waals surface area contributed by atoms with Gasteiger partial charge in [-0.15, -0.1) is 0 Å². The van der Waals surface area contributed by atoms with Crippen LogP contribution >= 0.6 is 11.6 Å². The second-order valence-corrected chi connectivity index (χ2v) is 5.14. The molecule has 0 amide bonds. The second-order valence-electron chi connectivity index (χ2n) is 4.76. The zero-order valence-electron chi connectivity index (χ0n) is 12.0. The first-order valence-electron chi connectivity index (χ1n) is 6.47. The fraction of sp³-hybridized carbons (Fsp3) is 0.385. The molecular weight excluding hydrogens is 292 g/mol. The van der Waals surface area contributed by atoms with E-state index in [4.69, 9.17) is 11.6 Å². The number of nitrogens with zero attached hydrogens (tertiary/aromatic N) is 5. The Kier molecular flexibility index (Phi) is 5.24. The van der Waals surface area contributed by atoms with E-state index in [2.05, 4.69) is 20.4 Å². The Morgan fingerprint density at radius 2 is 2.24 bits per heavy atom. The van der Waals surface area contributed by atoms with Crippen molar-refractivity contribution in [1.29, 1.82) is 0 Å². The van der Waals surface area contributed by atoms with Gasteiger partial charge in [0.1, 0.15) is 11.3 Å². The van der Waals surface area contributed by atoms with Crippen molar-refractivity contribution in [1.82, 2.24) is 24.6 Å². The lowest BCUT2D eigenvalue weighted by Gasteiger charge is -2.12. The number of nitrogens with one attached hydrogen (secondary N) is 1. The molecular formula is C13H17ClN6O. The van der Waals surface area contributed by atoms with E-state index in [0.717, 1.165) is 12.2 Å². The third-order valence-electron chi connectivity index (χ3n) is 2.85. The fourth-order valence-corrected chi connectivity index (χ4v) is 1.86. The highest BCUT2D eigenvalue weighted by atomic mass is 35.5. The molecule has 0 aromatic carbocycles. The Bertz CT molecular complexity index is 643. The summed E-state index contributed by atoms with van der Waals surface area (Å²) in [5.74, 6) is 0. The van der Waals surface area contributed by atoms with Gasteiger partial charge in [0.25, 0.3) is 5.56 Å². The Morgan fingerprint density at radius 3 is 2.90 bits per heavy atom. The molecule has 2 aromatic heterocycles. The summed E-state index contributed by atoms with van der Waals surface area (Å²) in [6.07, 6.45) is 4.68. The number of hydrogen-bond acceptors (Lipinski definition) is 6. The number of hydrogen-bond donors (Lipinski definition) is 1. The molecule has 1 N–H and O–H groups in total. The van der Waals surface area contributed by atoms with Crippen LogP contribution in [0.25, 0.3) is 0 Å². The Hall–Kier alpha value is -1.99. The van der Waals surface area contributed by atoms with Crippen LogP contribution in [0, 0.1) is 0 Å². The summed E-state index contributed by atoms with van der Waals surface area (Å²) in [6.45, 7) is 1.67. The molecule has 0 bridgehead atoms. The monoisotopic (exact) mass is 308 g/mol. The quantitative estimate of drug-likeness (QED) is 0.853. The van der Waals surface area contributed by atoms with Crippen molar-refractivity contribution in [3.8, 4) is 0 Å². The first kappa shape index (κ1) is 15.4. The highest BCUT2D eigenvalue weighted by molar-refractivity contribution is 6.32. The highest BCUT2D eigenvalue weighted by Crippen LogP contribution is 2.15. The summed E-state index contributed by atoms with van der Waals surface area (Å²) in [6, 6.07) is 1.78. The van der Waals surface area contributed by atoms with Crippen LogP contribution in [0.1, 0.15) is 5.69 Å². The van der Waals surface area contributed by atoms with Gasteiger partial charge < -0.3 is 10.2 Å². The first-order chi connectivity index (χ1) is 10.1. The summed E-state index contributed by atoms with van der Waals surface area (Å²) in [7, 11) is 3.87. The SMILES string of the molecule is CN(C)CCn1ncc(NCc2ccncn2)c(Cl)c1=O. The molecule has 0 aliphatic heterocycles. The van der Waals surface area contributed by atoms with Crippen molar-refractivity contribution in [3.05, 3.63) is 45.9 Å². The molecule has 8 heteroatoms.